The van der Waals surface area contributed by atoms with Gasteiger partial charge in [-0.2, -0.15) is 0 Å². The van der Waals surface area contributed by atoms with Gasteiger partial charge in [-0.25, -0.2) is 8.78 Å². The molecular weight excluding hydrogens is 544 g/mol. The number of amides is 2. The summed E-state index contributed by atoms with van der Waals surface area (Å²) < 4.78 is 40.9. The first-order chi connectivity index (χ1) is 19.4. The van der Waals surface area contributed by atoms with Gasteiger partial charge in [0.25, 0.3) is 23.4 Å². The van der Waals surface area contributed by atoms with Crippen molar-refractivity contribution in [2.24, 2.45) is 0 Å². The third-order valence-corrected chi connectivity index (χ3v) is 6.14. The Morgan fingerprint density at radius 1 is 0.927 bits per heavy atom. The van der Waals surface area contributed by atoms with Crippen molar-refractivity contribution >= 4 is 40.8 Å². The molecule has 1 aliphatic heterocycles. The number of alkyl halides is 2. The lowest BCUT2D eigenvalue weighted by molar-refractivity contribution is -0.385. The van der Waals surface area contributed by atoms with Gasteiger partial charge in [-0.05, 0) is 36.4 Å². The number of rotatable bonds is 6. The summed E-state index contributed by atoms with van der Waals surface area (Å²) in [7, 11) is 0. The molecule has 11 nitrogen and oxygen atoms in total. The second-order valence-electron chi connectivity index (χ2n) is 9.06. The first kappa shape index (κ1) is 28.8. The summed E-state index contributed by atoms with van der Waals surface area (Å²) in [4.78, 5) is 61.4. The molecule has 4 rings (SSSR count). The molecule has 1 aliphatic rings. The fraction of sp³-hybridized carbons (Fsp3) is 0.214. The van der Waals surface area contributed by atoms with Crippen LogP contribution in [0, 0.1) is 10.1 Å². The molecule has 13 heteroatoms. The number of halogens is 2. The summed E-state index contributed by atoms with van der Waals surface area (Å²) in [6.45, 7) is 1.99. The van der Waals surface area contributed by atoms with E-state index in [1.807, 2.05) is 0 Å². The highest BCUT2D eigenvalue weighted by Crippen LogP contribution is 2.47. The summed E-state index contributed by atoms with van der Waals surface area (Å²) in [5, 5.41) is 13.8. The summed E-state index contributed by atoms with van der Waals surface area (Å²) in [6.07, 6.45) is -4.96. The standard InChI is InChI=1S/C28H23F2N3O8/c1-16(34)40-24-15-28(29,30)25(41-17(2)35)20-7-3-5-9-22(20)32(24)27(37)18-11-13-19(14-12-18)31-26(36)21-8-4-6-10-23(21)33(38)39/h3-14,24-25H,15H2,1-2H3,(H,31,36). The van der Waals surface area contributed by atoms with E-state index in [0.29, 0.717) is 0 Å². The summed E-state index contributed by atoms with van der Waals surface area (Å²) in [5.74, 6) is -7.18. The van der Waals surface area contributed by atoms with Crippen LogP contribution in [0.5, 0.6) is 0 Å². The molecule has 3 aromatic rings. The molecule has 0 aliphatic carbocycles. The number of benzene rings is 3. The maximum absolute atomic E-state index is 15.4. The minimum Gasteiger partial charge on any atom is -0.451 e. The van der Waals surface area contributed by atoms with E-state index in [4.69, 9.17) is 9.47 Å². The molecule has 0 saturated carbocycles. The SMILES string of the molecule is CC(=O)OC1CC(F)(F)C(OC(C)=O)c2ccccc2N1C(=O)c1ccc(NC(=O)c2ccccc2[N+](=O)[O-])cc1. The van der Waals surface area contributed by atoms with Crippen LogP contribution in [0.15, 0.2) is 72.8 Å². The van der Waals surface area contributed by atoms with Crippen LogP contribution in [0.1, 0.15) is 52.7 Å². The minimum atomic E-state index is -3.72. The molecule has 41 heavy (non-hydrogen) atoms. The van der Waals surface area contributed by atoms with Crippen LogP contribution < -0.4 is 10.2 Å². The predicted molar refractivity (Wildman–Crippen MR) is 140 cm³/mol. The van der Waals surface area contributed by atoms with Crippen LogP contribution in [0.2, 0.25) is 0 Å². The van der Waals surface area contributed by atoms with Gasteiger partial charge in [0.1, 0.15) is 5.56 Å². The Labute approximate surface area is 231 Å². The van der Waals surface area contributed by atoms with E-state index in [9.17, 15) is 29.3 Å². The molecule has 0 radical (unpaired) electrons. The maximum Gasteiger partial charge on any atom is 0.304 e. The highest BCUT2D eigenvalue weighted by molar-refractivity contribution is 6.09. The van der Waals surface area contributed by atoms with E-state index in [1.54, 1.807) is 0 Å². The number of ether oxygens (including phenoxy) is 2. The second-order valence-corrected chi connectivity index (χ2v) is 9.06. The zero-order chi connectivity index (χ0) is 29.9. The average molecular weight is 568 g/mol. The number of para-hydroxylation sites is 2. The number of nitro groups is 1. The smallest absolute Gasteiger partial charge is 0.304 e. The molecule has 1 heterocycles. The monoisotopic (exact) mass is 567 g/mol. The highest BCUT2D eigenvalue weighted by Gasteiger charge is 2.52. The van der Waals surface area contributed by atoms with E-state index >= 15 is 8.78 Å². The van der Waals surface area contributed by atoms with Gasteiger partial charge < -0.3 is 14.8 Å². The molecule has 2 unspecified atom stereocenters. The second kappa shape index (κ2) is 11.5. The lowest BCUT2D eigenvalue weighted by atomic mass is 10.0. The Kier molecular flexibility index (Phi) is 8.08. The van der Waals surface area contributed by atoms with Crippen molar-refractivity contribution in [3.05, 3.63) is 99.6 Å². The van der Waals surface area contributed by atoms with Crippen LogP contribution in [-0.4, -0.2) is 40.8 Å². The predicted octanol–water partition coefficient (Wildman–Crippen LogP) is 5.03. The molecule has 3 aromatic carbocycles. The first-order valence-corrected chi connectivity index (χ1v) is 12.2. The average Bonchev–Trinajstić information content (AvgIpc) is 3.00. The van der Waals surface area contributed by atoms with Crippen molar-refractivity contribution in [3.63, 3.8) is 0 Å². The third-order valence-electron chi connectivity index (χ3n) is 6.14. The summed E-state index contributed by atoms with van der Waals surface area (Å²) in [5.41, 5.74) is -0.609. The van der Waals surface area contributed by atoms with Crippen molar-refractivity contribution in [2.75, 3.05) is 10.2 Å². The molecule has 0 aromatic heterocycles. The third kappa shape index (κ3) is 6.19. The highest BCUT2D eigenvalue weighted by atomic mass is 19.3. The molecule has 2 amide bonds. The van der Waals surface area contributed by atoms with Gasteiger partial charge in [0, 0.05) is 36.7 Å². The molecule has 2 atom stereocenters. The molecular formula is C28H23F2N3O8. The largest absolute Gasteiger partial charge is 0.451 e. The lowest BCUT2D eigenvalue weighted by Gasteiger charge is -2.31. The van der Waals surface area contributed by atoms with Crippen LogP contribution in [0.4, 0.5) is 25.8 Å². The van der Waals surface area contributed by atoms with Crippen molar-refractivity contribution < 1.29 is 42.4 Å². The Balaban J connectivity index is 1.68. The zero-order valence-corrected chi connectivity index (χ0v) is 21.7. The number of hydrogen-bond donors (Lipinski definition) is 1. The molecule has 0 spiro atoms. The fourth-order valence-corrected chi connectivity index (χ4v) is 4.44. The number of nitrogens with zero attached hydrogens (tertiary/aromatic N) is 2. The Morgan fingerprint density at radius 3 is 2.17 bits per heavy atom. The normalized spacial score (nSPS) is 17.4. The number of nitro benzene ring substituents is 1. The Bertz CT molecular complexity index is 1530. The number of hydrogen-bond acceptors (Lipinski definition) is 8. The number of esters is 2. The van der Waals surface area contributed by atoms with E-state index in [-0.39, 0.29) is 28.1 Å². The Hall–Kier alpha value is -5.20. The van der Waals surface area contributed by atoms with Gasteiger partial charge >= 0.3 is 11.9 Å². The van der Waals surface area contributed by atoms with Crippen molar-refractivity contribution in [1.29, 1.82) is 0 Å². The quantitative estimate of drug-likeness (QED) is 0.248. The van der Waals surface area contributed by atoms with Gasteiger partial charge in [-0.3, -0.25) is 34.2 Å². The van der Waals surface area contributed by atoms with Crippen LogP contribution >= 0.6 is 0 Å². The molecule has 0 fully saturated rings. The van der Waals surface area contributed by atoms with E-state index in [0.717, 1.165) is 18.7 Å². The van der Waals surface area contributed by atoms with E-state index in [2.05, 4.69) is 5.32 Å². The van der Waals surface area contributed by atoms with Gasteiger partial charge in [0.15, 0.2) is 12.3 Å². The molecule has 0 saturated heterocycles. The Morgan fingerprint density at radius 2 is 1.54 bits per heavy atom. The van der Waals surface area contributed by atoms with E-state index < -0.39 is 59.0 Å². The minimum absolute atomic E-state index is 0.0186. The summed E-state index contributed by atoms with van der Waals surface area (Å²) >= 11 is 0. The maximum atomic E-state index is 15.4. The fourth-order valence-electron chi connectivity index (χ4n) is 4.44. The number of nitrogens with one attached hydrogen (secondary N) is 1. The number of fused-ring (bicyclic) bond motifs is 1. The van der Waals surface area contributed by atoms with Crippen LogP contribution in [0.3, 0.4) is 0 Å². The van der Waals surface area contributed by atoms with Crippen LogP contribution in [-0.2, 0) is 19.1 Å². The van der Waals surface area contributed by atoms with Crippen LogP contribution in [0.25, 0.3) is 0 Å². The van der Waals surface area contributed by atoms with Gasteiger partial charge in [-0.15, -0.1) is 0 Å². The topological polar surface area (TPSA) is 145 Å². The van der Waals surface area contributed by atoms with Gasteiger partial charge in [0.05, 0.1) is 17.0 Å². The van der Waals surface area contributed by atoms with Crippen molar-refractivity contribution in [1.82, 2.24) is 0 Å². The number of carbonyl (C=O) groups excluding carboxylic acids is 4. The van der Waals surface area contributed by atoms with Gasteiger partial charge in [-0.1, -0.05) is 30.3 Å². The van der Waals surface area contributed by atoms with Crippen molar-refractivity contribution in [2.45, 2.75) is 38.5 Å². The number of anilines is 2. The zero-order valence-electron chi connectivity index (χ0n) is 21.7. The molecule has 1 N–H and O–H groups in total. The first-order valence-electron chi connectivity index (χ1n) is 12.2. The van der Waals surface area contributed by atoms with Gasteiger partial charge in [0.2, 0.25) is 0 Å². The molecule has 212 valence electrons. The molecule has 0 bridgehead atoms. The van der Waals surface area contributed by atoms with Crippen molar-refractivity contribution in [3.8, 4) is 0 Å². The lowest BCUT2D eigenvalue weighted by Crippen LogP contribution is -2.45. The number of carbonyl (C=O) groups is 4. The van der Waals surface area contributed by atoms with E-state index in [1.165, 1.54) is 72.8 Å². The summed E-state index contributed by atoms with van der Waals surface area (Å²) in [6, 6.07) is 16.2.